The zero-order valence-electron chi connectivity index (χ0n) is 12.1. The number of halogens is 1. The third-order valence-electron chi connectivity index (χ3n) is 4.77. The van der Waals surface area contributed by atoms with E-state index in [1.807, 2.05) is 0 Å². The summed E-state index contributed by atoms with van der Waals surface area (Å²) in [4.78, 5) is 13.5. The summed E-state index contributed by atoms with van der Waals surface area (Å²) in [5.74, 6) is 1.76. The van der Waals surface area contributed by atoms with Crippen molar-refractivity contribution >= 4 is 17.5 Å². The van der Waals surface area contributed by atoms with Crippen molar-refractivity contribution < 1.29 is 0 Å². The summed E-state index contributed by atoms with van der Waals surface area (Å²) in [5.41, 5.74) is 0. The molecule has 0 unspecified atom stereocenters. The van der Waals surface area contributed by atoms with Crippen molar-refractivity contribution in [2.45, 2.75) is 38.1 Å². The van der Waals surface area contributed by atoms with Crippen LogP contribution in [0.1, 0.15) is 32.1 Å². The average Bonchev–Trinajstić information content (AvgIpc) is 2.44. The Balaban J connectivity index is 1.50. The lowest BCUT2D eigenvalue weighted by Gasteiger charge is -2.39. The van der Waals surface area contributed by atoms with Crippen molar-refractivity contribution in [1.29, 1.82) is 0 Å². The highest BCUT2D eigenvalue weighted by Crippen LogP contribution is 2.28. The second kappa shape index (κ2) is 6.27. The van der Waals surface area contributed by atoms with Gasteiger partial charge in [-0.15, -0.1) is 0 Å². The zero-order chi connectivity index (χ0) is 13.9. The highest BCUT2D eigenvalue weighted by molar-refractivity contribution is 6.30. The molecule has 1 saturated heterocycles. The predicted molar refractivity (Wildman–Crippen MR) is 82.2 cm³/mol. The van der Waals surface area contributed by atoms with E-state index in [-0.39, 0.29) is 0 Å². The molecular formula is C15H23ClN4. The molecule has 3 rings (SSSR count). The summed E-state index contributed by atoms with van der Waals surface area (Å²) < 4.78 is 0. The van der Waals surface area contributed by atoms with Crippen molar-refractivity contribution in [2.24, 2.45) is 5.92 Å². The molecule has 20 heavy (non-hydrogen) atoms. The number of piperidine rings is 1. The minimum absolute atomic E-state index is 0.550. The molecule has 1 aromatic heterocycles. The molecule has 5 heteroatoms. The zero-order valence-corrected chi connectivity index (χ0v) is 12.9. The van der Waals surface area contributed by atoms with Gasteiger partial charge in [-0.3, -0.25) is 0 Å². The molecule has 1 aliphatic heterocycles. The fraction of sp³-hybridized carbons (Fsp3) is 0.733. The van der Waals surface area contributed by atoms with E-state index in [2.05, 4.69) is 26.8 Å². The second-order valence-corrected chi connectivity index (χ2v) is 6.58. The van der Waals surface area contributed by atoms with E-state index >= 15 is 0 Å². The number of anilines is 1. The first-order valence-corrected chi connectivity index (χ1v) is 8.03. The van der Waals surface area contributed by atoms with Gasteiger partial charge in [0.25, 0.3) is 0 Å². The van der Waals surface area contributed by atoms with E-state index in [1.165, 1.54) is 51.7 Å². The van der Waals surface area contributed by atoms with Gasteiger partial charge < -0.3 is 9.80 Å². The number of rotatable bonds is 4. The third-order valence-corrected chi connectivity index (χ3v) is 4.96. The van der Waals surface area contributed by atoms with Gasteiger partial charge in [0.15, 0.2) is 0 Å². The van der Waals surface area contributed by atoms with Crippen LogP contribution in [-0.2, 0) is 0 Å². The number of nitrogens with zero attached hydrogens (tertiary/aromatic N) is 4. The average molecular weight is 295 g/mol. The molecule has 110 valence electrons. The Morgan fingerprint density at radius 2 is 1.85 bits per heavy atom. The van der Waals surface area contributed by atoms with Crippen LogP contribution in [0.5, 0.6) is 0 Å². The number of hydrogen-bond donors (Lipinski definition) is 0. The van der Waals surface area contributed by atoms with Crippen LogP contribution in [0.15, 0.2) is 12.4 Å². The Morgan fingerprint density at radius 3 is 2.40 bits per heavy atom. The molecule has 0 amide bonds. The minimum atomic E-state index is 0.550. The second-order valence-electron chi connectivity index (χ2n) is 6.14. The van der Waals surface area contributed by atoms with E-state index in [1.54, 1.807) is 12.4 Å². The Morgan fingerprint density at radius 1 is 1.20 bits per heavy atom. The van der Waals surface area contributed by atoms with Gasteiger partial charge >= 0.3 is 0 Å². The number of hydrogen-bond acceptors (Lipinski definition) is 4. The molecule has 2 aliphatic rings. The first-order valence-electron chi connectivity index (χ1n) is 7.65. The van der Waals surface area contributed by atoms with Gasteiger partial charge in [0.1, 0.15) is 0 Å². The highest BCUT2D eigenvalue weighted by Gasteiger charge is 2.26. The molecule has 2 fully saturated rings. The fourth-order valence-corrected chi connectivity index (χ4v) is 3.28. The number of aromatic nitrogens is 2. The van der Waals surface area contributed by atoms with E-state index in [9.17, 15) is 0 Å². The summed E-state index contributed by atoms with van der Waals surface area (Å²) in [6, 6.07) is 0.550. The Labute approximate surface area is 126 Å². The van der Waals surface area contributed by atoms with Crippen molar-refractivity contribution in [1.82, 2.24) is 14.9 Å². The Kier molecular flexibility index (Phi) is 4.41. The van der Waals surface area contributed by atoms with E-state index in [0.29, 0.717) is 11.1 Å². The Bertz CT molecular complexity index is 424. The topological polar surface area (TPSA) is 32.3 Å². The van der Waals surface area contributed by atoms with Gasteiger partial charge in [-0.1, -0.05) is 18.0 Å². The molecule has 0 atom stereocenters. The van der Waals surface area contributed by atoms with Crippen molar-refractivity contribution in [3.8, 4) is 0 Å². The number of likely N-dealkylation sites (tertiary alicyclic amines) is 1. The maximum atomic E-state index is 5.84. The van der Waals surface area contributed by atoms with Gasteiger partial charge in [0.2, 0.25) is 5.95 Å². The highest BCUT2D eigenvalue weighted by atomic mass is 35.5. The molecule has 2 heterocycles. The lowest BCUT2D eigenvalue weighted by atomic mass is 9.84. The maximum Gasteiger partial charge on any atom is 0.225 e. The summed E-state index contributed by atoms with van der Waals surface area (Å²) >= 11 is 5.84. The molecule has 4 nitrogen and oxygen atoms in total. The van der Waals surface area contributed by atoms with Crippen LogP contribution in [-0.4, -0.2) is 47.6 Å². The Hall–Kier alpha value is -0.870. The first kappa shape index (κ1) is 14.1. The normalized spacial score (nSPS) is 21.7. The predicted octanol–water partition coefficient (Wildman–Crippen LogP) is 2.83. The smallest absolute Gasteiger partial charge is 0.225 e. The molecule has 0 N–H and O–H groups in total. The molecular weight excluding hydrogens is 272 g/mol. The minimum Gasteiger partial charge on any atom is -0.341 e. The van der Waals surface area contributed by atoms with Crippen LogP contribution in [0.2, 0.25) is 5.02 Å². The van der Waals surface area contributed by atoms with Crippen LogP contribution in [0.3, 0.4) is 0 Å². The fourth-order valence-electron chi connectivity index (χ4n) is 3.18. The molecule has 1 saturated carbocycles. The molecule has 0 spiro atoms. The first-order chi connectivity index (χ1) is 9.72. The van der Waals surface area contributed by atoms with E-state index in [4.69, 9.17) is 11.6 Å². The third kappa shape index (κ3) is 3.23. The summed E-state index contributed by atoms with van der Waals surface area (Å²) in [7, 11) is 2.09. The van der Waals surface area contributed by atoms with Crippen molar-refractivity contribution in [3.63, 3.8) is 0 Å². The quantitative estimate of drug-likeness (QED) is 0.855. The summed E-state index contributed by atoms with van der Waals surface area (Å²) in [5, 5.41) is 0.595. The monoisotopic (exact) mass is 294 g/mol. The lowest BCUT2D eigenvalue weighted by molar-refractivity contribution is 0.146. The van der Waals surface area contributed by atoms with Crippen molar-refractivity contribution in [3.05, 3.63) is 17.4 Å². The molecule has 0 radical (unpaired) electrons. The van der Waals surface area contributed by atoms with Gasteiger partial charge in [-0.05, 0) is 31.6 Å². The molecule has 0 bridgehead atoms. The van der Waals surface area contributed by atoms with Gasteiger partial charge in [-0.25, -0.2) is 9.97 Å². The SMILES string of the molecule is CN(c1ncc(Cl)cn1)C1CCN(CC2CCC2)CC1. The molecule has 0 aromatic carbocycles. The van der Waals surface area contributed by atoms with Crippen molar-refractivity contribution in [2.75, 3.05) is 31.6 Å². The summed E-state index contributed by atoms with van der Waals surface area (Å²) in [6.45, 7) is 3.73. The van der Waals surface area contributed by atoms with Gasteiger partial charge in [0.05, 0.1) is 17.4 Å². The van der Waals surface area contributed by atoms with Crippen LogP contribution in [0.4, 0.5) is 5.95 Å². The standard InChI is InChI=1S/C15H23ClN4/c1-19(15-17-9-13(16)10-18-15)14-5-7-20(8-6-14)11-12-3-2-4-12/h9-10,12,14H,2-8,11H2,1H3. The molecule has 1 aliphatic carbocycles. The molecule has 1 aromatic rings. The van der Waals surface area contributed by atoms with Crippen LogP contribution in [0.25, 0.3) is 0 Å². The summed E-state index contributed by atoms with van der Waals surface area (Å²) in [6.07, 6.45) is 10.1. The van der Waals surface area contributed by atoms with Crippen LogP contribution < -0.4 is 4.90 Å². The van der Waals surface area contributed by atoms with E-state index < -0.39 is 0 Å². The van der Waals surface area contributed by atoms with Crippen LogP contribution >= 0.6 is 11.6 Å². The van der Waals surface area contributed by atoms with E-state index in [0.717, 1.165) is 11.9 Å². The maximum absolute atomic E-state index is 5.84. The van der Waals surface area contributed by atoms with Gasteiger partial charge in [-0.2, -0.15) is 0 Å². The largest absolute Gasteiger partial charge is 0.341 e. The van der Waals surface area contributed by atoms with Crippen LogP contribution in [0, 0.1) is 5.92 Å². The van der Waals surface area contributed by atoms with Gasteiger partial charge in [0, 0.05) is 32.7 Å². The lowest BCUT2D eigenvalue weighted by Crippen LogP contribution is -2.45.